The van der Waals surface area contributed by atoms with Gasteiger partial charge in [0.15, 0.2) is 0 Å². The lowest BCUT2D eigenvalue weighted by atomic mass is 10.4. The zero-order valence-corrected chi connectivity index (χ0v) is 14.4. The largest absolute Gasteiger partial charge is 0.378 e. The molecule has 0 unspecified atom stereocenters. The minimum Gasteiger partial charge on any atom is -0.378 e. The highest BCUT2D eigenvalue weighted by molar-refractivity contribution is 9.10. The van der Waals surface area contributed by atoms with Crippen LogP contribution in [0.4, 0.5) is 5.69 Å². The van der Waals surface area contributed by atoms with Gasteiger partial charge in [-0.05, 0) is 40.5 Å². The first-order valence-corrected chi connectivity index (χ1v) is 8.60. The van der Waals surface area contributed by atoms with Crippen molar-refractivity contribution in [1.29, 1.82) is 0 Å². The van der Waals surface area contributed by atoms with Crippen LogP contribution in [0.25, 0.3) is 0 Å². The van der Waals surface area contributed by atoms with Crippen molar-refractivity contribution in [2.45, 2.75) is 26.9 Å². The fraction of sp³-hybridized carbons (Fsp3) is 0.500. The van der Waals surface area contributed by atoms with Gasteiger partial charge in [0.1, 0.15) is 0 Å². The summed E-state index contributed by atoms with van der Waals surface area (Å²) in [5.41, 5.74) is 1.07. The highest BCUT2D eigenvalue weighted by atomic mass is 79.9. The lowest BCUT2D eigenvalue weighted by Crippen LogP contribution is -2.27. The SMILES string of the molecule is CCN(CC)CCn1cc(NCc2sccc2Br)cn1. The number of nitrogens with zero attached hydrogens (tertiary/aromatic N) is 3. The standard InChI is InChI=1S/C14H21BrN4S/c1-3-18(4-2)6-7-19-11-12(9-17-19)16-10-14-13(15)5-8-20-14/h5,8-9,11,16H,3-4,6-7,10H2,1-2H3. The topological polar surface area (TPSA) is 33.1 Å². The van der Waals surface area contributed by atoms with Crippen molar-refractivity contribution in [3.05, 3.63) is 33.2 Å². The van der Waals surface area contributed by atoms with Crippen LogP contribution >= 0.6 is 27.3 Å². The molecule has 1 N–H and O–H groups in total. The van der Waals surface area contributed by atoms with Crippen molar-refractivity contribution < 1.29 is 0 Å². The quantitative estimate of drug-likeness (QED) is 0.783. The summed E-state index contributed by atoms with van der Waals surface area (Å²) in [7, 11) is 0. The van der Waals surface area contributed by atoms with Crippen molar-refractivity contribution in [3.8, 4) is 0 Å². The first-order chi connectivity index (χ1) is 9.72. The molecule has 0 saturated carbocycles. The molecule has 0 amide bonds. The number of hydrogen-bond acceptors (Lipinski definition) is 4. The van der Waals surface area contributed by atoms with E-state index in [9.17, 15) is 0 Å². The van der Waals surface area contributed by atoms with E-state index in [1.54, 1.807) is 11.3 Å². The maximum atomic E-state index is 4.40. The van der Waals surface area contributed by atoms with Gasteiger partial charge in [-0.2, -0.15) is 5.10 Å². The molecule has 2 aromatic rings. The Morgan fingerprint density at radius 1 is 1.40 bits per heavy atom. The Morgan fingerprint density at radius 3 is 2.85 bits per heavy atom. The predicted molar refractivity (Wildman–Crippen MR) is 89.4 cm³/mol. The van der Waals surface area contributed by atoms with E-state index in [0.29, 0.717) is 0 Å². The lowest BCUT2D eigenvalue weighted by molar-refractivity contribution is 0.285. The highest BCUT2D eigenvalue weighted by Gasteiger charge is 2.04. The molecule has 0 radical (unpaired) electrons. The van der Waals surface area contributed by atoms with Gasteiger partial charge in [0.2, 0.25) is 0 Å². The smallest absolute Gasteiger partial charge is 0.0729 e. The first-order valence-electron chi connectivity index (χ1n) is 6.93. The van der Waals surface area contributed by atoms with E-state index in [4.69, 9.17) is 0 Å². The maximum absolute atomic E-state index is 4.40. The molecular formula is C14H21BrN4S. The van der Waals surface area contributed by atoms with Gasteiger partial charge >= 0.3 is 0 Å². The molecule has 0 saturated heterocycles. The minimum absolute atomic E-state index is 0.833. The molecule has 6 heteroatoms. The third-order valence-electron chi connectivity index (χ3n) is 3.32. The number of aromatic nitrogens is 2. The van der Waals surface area contributed by atoms with Gasteiger partial charge in [0, 0.05) is 22.1 Å². The average molecular weight is 357 g/mol. The predicted octanol–water partition coefficient (Wildman–Crippen LogP) is 3.66. The Bertz CT molecular complexity index is 519. The van der Waals surface area contributed by atoms with Gasteiger partial charge in [0.25, 0.3) is 0 Å². The van der Waals surface area contributed by atoms with Crippen molar-refractivity contribution in [2.75, 3.05) is 25.0 Å². The van der Waals surface area contributed by atoms with E-state index < -0.39 is 0 Å². The van der Waals surface area contributed by atoms with Crippen LogP contribution < -0.4 is 5.32 Å². The van der Waals surface area contributed by atoms with Crippen molar-refractivity contribution >= 4 is 33.0 Å². The van der Waals surface area contributed by atoms with E-state index in [-0.39, 0.29) is 0 Å². The zero-order valence-electron chi connectivity index (χ0n) is 12.0. The molecule has 0 aliphatic heterocycles. The van der Waals surface area contributed by atoms with E-state index in [0.717, 1.165) is 38.4 Å². The fourth-order valence-electron chi connectivity index (χ4n) is 1.99. The van der Waals surface area contributed by atoms with Crippen molar-refractivity contribution in [2.24, 2.45) is 0 Å². The monoisotopic (exact) mass is 356 g/mol. The van der Waals surface area contributed by atoms with Gasteiger partial charge in [0.05, 0.1) is 25.0 Å². The van der Waals surface area contributed by atoms with Crippen LogP contribution in [0.1, 0.15) is 18.7 Å². The number of halogens is 1. The Kier molecular flexibility index (Phi) is 6.06. The highest BCUT2D eigenvalue weighted by Crippen LogP contribution is 2.23. The molecule has 2 rings (SSSR count). The summed E-state index contributed by atoms with van der Waals surface area (Å²) in [5, 5.41) is 9.90. The van der Waals surface area contributed by atoms with Crippen LogP contribution in [0.5, 0.6) is 0 Å². The number of hydrogen-bond donors (Lipinski definition) is 1. The van der Waals surface area contributed by atoms with Crippen LogP contribution in [0.15, 0.2) is 28.3 Å². The molecule has 2 aromatic heterocycles. The maximum Gasteiger partial charge on any atom is 0.0729 e. The number of nitrogens with one attached hydrogen (secondary N) is 1. The molecule has 0 atom stereocenters. The third-order valence-corrected chi connectivity index (χ3v) is 5.24. The van der Waals surface area contributed by atoms with Crippen LogP contribution in [-0.4, -0.2) is 34.3 Å². The Balaban J connectivity index is 1.81. The Labute approximate surface area is 132 Å². The second-order valence-corrected chi connectivity index (χ2v) is 6.42. The van der Waals surface area contributed by atoms with Crippen molar-refractivity contribution in [3.63, 3.8) is 0 Å². The van der Waals surface area contributed by atoms with Crippen LogP contribution in [0.3, 0.4) is 0 Å². The summed E-state index contributed by atoms with van der Waals surface area (Å²) in [6, 6.07) is 2.08. The molecule has 0 bridgehead atoms. The molecule has 0 aromatic carbocycles. The summed E-state index contributed by atoms with van der Waals surface area (Å²) in [6.07, 6.45) is 3.97. The summed E-state index contributed by atoms with van der Waals surface area (Å²) < 4.78 is 3.17. The number of likely N-dealkylation sites (N-methyl/N-ethyl adjacent to an activating group) is 1. The molecular weight excluding hydrogens is 336 g/mol. The van der Waals surface area contributed by atoms with Crippen LogP contribution in [-0.2, 0) is 13.1 Å². The summed E-state index contributed by atoms with van der Waals surface area (Å²) in [6.45, 7) is 9.39. The molecule has 0 fully saturated rings. The third kappa shape index (κ3) is 4.33. The zero-order chi connectivity index (χ0) is 14.4. The fourth-order valence-corrected chi connectivity index (χ4v) is 3.43. The minimum atomic E-state index is 0.833. The molecule has 4 nitrogen and oxygen atoms in total. The number of rotatable bonds is 8. The van der Waals surface area contributed by atoms with Gasteiger partial charge < -0.3 is 10.2 Å². The average Bonchev–Trinajstić information content (AvgIpc) is 3.07. The van der Waals surface area contributed by atoms with Gasteiger partial charge in [-0.25, -0.2) is 0 Å². The summed E-state index contributed by atoms with van der Waals surface area (Å²) >= 11 is 5.30. The molecule has 0 aliphatic carbocycles. The Hall–Kier alpha value is -0.850. The van der Waals surface area contributed by atoms with Gasteiger partial charge in [-0.15, -0.1) is 11.3 Å². The van der Waals surface area contributed by atoms with Crippen LogP contribution in [0, 0.1) is 0 Å². The first kappa shape index (κ1) is 15.5. The van der Waals surface area contributed by atoms with Gasteiger partial charge in [-0.3, -0.25) is 4.68 Å². The summed E-state index contributed by atoms with van der Waals surface area (Å²) in [5.74, 6) is 0. The second kappa shape index (κ2) is 7.81. The summed E-state index contributed by atoms with van der Waals surface area (Å²) in [4.78, 5) is 3.71. The lowest BCUT2D eigenvalue weighted by Gasteiger charge is -2.17. The second-order valence-electron chi connectivity index (χ2n) is 4.56. The molecule has 110 valence electrons. The van der Waals surface area contributed by atoms with Crippen LogP contribution in [0.2, 0.25) is 0 Å². The van der Waals surface area contributed by atoms with Gasteiger partial charge in [-0.1, -0.05) is 13.8 Å². The molecule has 2 heterocycles. The molecule has 0 spiro atoms. The van der Waals surface area contributed by atoms with E-state index >= 15 is 0 Å². The van der Waals surface area contributed by atoms with E-state index in [1.165, 1.54) is 9.35 Å². The normalized spacial score (nSPS) is 11.2. The van der Waals surface area contributed by atoms with E-state index in [2.05, 4.69) is 62.7 Å². The van der Waals surface area contributed by atoms with Crippen molar-refractivity contribution in [1.82, 2.24) is 14.7 Å². The number of thiophene rings is 1. The Morgan fingerprint density at radius 2 is 2.20 bits per heavy atom. The molecule has 20 heavy (non-hydrogen) atoms. The van der Waals surface area contributed by atoms with E-state index in [1.807, 2.05) is 10.9 Å². The number of anilines is 1. The molecule has 0 aliphatic rings.